The van der Waals surface area contributed by atoms with Crippen molar-refractivity contribution in [3.63, 3.8) is 0 Å². The van der Waals surface area contributed by atoms with E-state index in [0.717, 1.165) is 12.8 Å². The lowest BCUT2D eigenvalue weighted by atomic mass is 9.99. The molecule has 0 bridgehead atoms. The molecule has 1 aliphatic heterocycles. The standard InChI is InChI=1S/C19H24N4O6/c1-2-3-5-14(12-21(27)13-24)19(26)22-11-4-6-17(22)18(25)20-15-7-9-16(10-8-15)23(28)29/h4,6-10,13-14,17,27H,2-3,5,11-12H2,1H3,(H,20,25)/t14-,17+/m1/s1. The van der Waals surface area contributed by atoms with E-state index in [1.54, 1.807) is 12.2 Å². The highest BCUT2D eigenvalue weighted by molar-refractivity contribution is 5.99. The second-order valence-electron chi connectivity index (χ2n) is 6.72. The van der Waals surface area contributed by atoms with Gasteiger partial charge in [0.2, 0.25) is 12.3 Å². The van der Waals surface area contributed by atoms with E-state index in [1.165, 1.54) is 29.2 Å². The summed E-state index contributed by atoms with van der Waals surface area (Å²) in [6, 6.07) is 4.54. The topological polar surface area (TPSA) is 133 Å². The summed E-state index contributed by atoms with van der Waals surface area (Å²) < 4.78 is 0. The fourth-order valence-corrected chi connectivity index (χ4v) is 3.11. The van der Waals surface area contributed by atoms with E-state index in [0.29, 0.717) is 17.2 Å². The fourth-order valence-electron chi connectivity index (χ4n) is 3.11. The first-order valence-corrected chi connectivity index (χ1v) is 9.30. The lowest BCUT2D eigenvalue weighted by molar-refractivity contribution is -0.384. The molecule has 0 spiro atoms. The van der Waals surface area contributed by atoms with Crippen LogP contribution in [-0.4, -0.2) is 57.4 Å². The van der Waals surface area contributed by atoms with Crippen LogP contribution in [0.25, 0.3) is 0 Å². The van der Waals surface area contributed by atoms with Crippen LogP contribution in [0.5, 0.6) is 0 Å². The summed E-state index contributed by atoms with van der Waals surface area (Å²) >= 11 is 0. The normalized spacial score (nSPS) is 16.3. The van der Waals surface area contributed by atoms with Crippen LogP contribution in [0.3, 0.4) is 0 Å². The minimum atomic E-state index is -0.842. The van der Waals surface area contributed by atoms with Crippen LogP contribution in [0.15, 0.2) is 36.4 Å². The summed E-state index contributed by atoms with van der Waals surface area (Å²) in [6.07, 6.45) is 5.61. The third kappa shape index (κ3) is 5.85. The summed E-state index contributed by atoms with van der Waals surface area (Å²) in [7, 11) is 0. The van der Waals surface area contributed by atoms with Crippen LogP contribution in [0, 0.1) is 16.0 Å². The van der Waals surface area contributed by atoms with E-state index in [9.17, 15) is 29.7 Å². The number of amides is 3. The van der Waals surface area contributed by atoms with Gasteiger partial charge >= 0.3 is 0 Å². The number of hydrogen-bond donors (Lipinski definition) is 2. The van der Waals surface area contributed by atoms with Gasteiger partial charge in [-0.3, -0.25) is 29.7 Å². The highest BCUT2D eigenvalue weighted by Gasteiger charge is 2.34. The summed E-state index contributed by atoms with van der Waals surface area (Å²) in [6.45, 7) is 2.07. The Morgan fingerprint density at radius 1 is 1.41 bits per heavy atom. The number of non-ortho nitro benzene ring substituents is 1. The first kappa shape index (κ1) is 22.0. The molecule has 0 saturated heterocycles. The van der Waals surface area contributed by atoms with Gasteiger partial charge in [0, 0.05) is 24.4 Å². The van der Waals surface area contributed by atoms with Crippen molar-refractivity contribution in [2.24, 2.45) is 5.92 Å². The predicted molar refractivity (Wildman–Crippen MR) is 104 cm³/mol. The van der Waals surface area contributed by atoms with Crippen molar-refractivity contribution in [3.8, 4) is 0 Å². The highest BCUT2D eigenvalue weighted by Crippen LogP contribution is 2.21. The monoisotopic (exact) mass is 404 g/mol. The number of hydrogen-bond acceptors (Lipinski definition) is 6. The van der Waals surface area contributed by atoms with E-state index < -0.39 is 22.8 Å². The second-order valence-corrected chi connectivity index (χ2v) is 6.72. The lowest BCUT2D eigenvalue weighted by Gasteiger charge is -2.29. The van der Waals surface area contributed by atoms with Crippen LogP contribution < -0.4 is 5.32 Å². The lowest BCUT2D eigenvalue weighted by Crippen LogP contribution is -2.47. The fraction of sp³-hybridized carbons (Fsp3) is 0.421. The van der Waals surface area contributed by atoms with Crippen molar-refractivity contribution in [1.29, 1.82) is 0 Å². The molecule has 0 saturated carbocycles. The number of nitrogens with zero attached hydrogens (tertiary/aromatic N) is 3. The van der Waals surface area contributed by atoms with Crippen molar-refractivity contribution in [3.05, 3.63) is 46.5 Å². The van der Waals surface area contributed by atoms with Crippen LogP contribution in [-0.2, 0) is 14.4 Å². The Morgan fingerprint density at radius 2 is 2.10 bits per heavy atom. The molecular formula is C19H24N4O6. The molecule has 1 aromatic rings. The maximum atomic E-state index is 13.0. The van der Waals surface area contributed by atoms with E-state index in [1.807, 2.05) is 6.92 Å². The van der Waals surface area contributed by atoms with Crippen molar-refractivity contribution < 1.29 is 24.5 Å². The van der Waals surface area contributed by atoms with Crippen LogP contribution in [0.4, 0.5) is 11.4 Å². The molecule has 10 heteroatoms. The Kier molecular flexibility index (Phi) is 7.84. The molecule has 0 fully saturated rings. The maximum absolute atomic E-state index is 13.0. The average molecular weight is 404 g/mol. The molecule has 3 amide bonds. The highest BCUT2D eigenvalue weighted by atomic mass is 16.6. The average Bonchev–Trinajstić information content (AvgIpc) is 3.20. The zero-order valence-electron chi connectivity index (χ0n) is 16.1. The Labute approximate surface area is 167 Å². The summed E-state index contributed by atoms with van der Waals surface area (Å²) in [4.78, 5) is 47.9. The number of rotatable bonds is 10. The quantitative estimate of drug-likeness (QED) is 0.201. The molecule has 1 heterocycles. The first-order chi connectivity index (χ1) is 13.9. The van der Waals surface area contributed by atoms with Gasteiger partial charge < -0.3 is 10.2 Å². The third-order valence-corrected chi connectivity index (χ3v) is 4.64. The number of carbonyl (C=O) groups excluding carboxylic acids is 3. The van der Waals surface area contributed by atoms with Gasteiger partial charge in [0.1, 0.15) is 6.04 Å². The Morgan fingerprint density at radius 3 is 2.69 bits per heavy atom. The molecule has 10 nitrogen and oxygen atoms in total. The molecule has 29 heavy (non-hydrogen) atoms. The van der Waals surface area contributed by atoms with Gasteiger partial charge in [-0.15, -0.1) is 0 Å². The SMILES string of the molecule is CCCC[C@H](CN(O)C=O)C(=O)N1CC=C[C@H]1C(=O)Nc1ccc([N+](=O)[O-])cc1. The molecule has 0 aliphatic carbocycles. The number of nitro benzene ring substituents is 1. The van der Waals surface area contributed by atoms with Crippen molar-refractivity contribution in [2.45, 2.75) is 32.2 Å². The van der Waals surface area contributed by atoms with Gasteiger partial charge in [0.15, 0.2) is 0 Å². The van der Waals surface area contributed by atoms with Crippen molar-refractivity contribution in [1.82, 2.24) is 9.96 Å². The number of carbonyl (C=O) groups is 3. The van der Waals surface area contributed by atoms with Gasteiger partial charge in [0.25, 0.3) is 11.6 Å². The number of hydroxylamine groups is 2. The number of benzene rings is 1. The molecule has 156 valence electrons. The van der Waals surface area contributed by atoms with Crippen LogP contribution in [0.2, 0.25) is 0 Å². The molecular weight excluding hydrogens is 380 g/mol. The van der Waals surface area contributed by atoms with Gasteiger partial charge in [-0.25, -0.2) is 5.06 Å². The second kappa shape index (κ2) is 10.3. The van der Waals surface area contributed by atoms with E-state index >= 15 is 0 Å². The number of unbranched alkanes of at least 4 members (excludes halogenated alkanes) is 1. The van der Waals surface area contributed by atoms with E-state index in [-0.39, 0.29) is 31.1 Å². The minimum absolute atomic E-state index is 0.0944. The zero-order valence-corrected chi connectivity index (χ0v) is 16.1. The smallest absolute Gasteiger partial charge is 0.269 e. The van der Waals surface area contributed by atoms with Crippen molar-refractivity contribution >= 4 is 29.6 Å². The maximum Gasteiger partial charge on any atom is 0.269 e. The minimum Gasteiger partial charge on any atom is -0.324 e. The summed E-state index contributed by atoms with van der Waals surface area (Å²) in [5.41, 5.74) is 0.279. The van der Waals surface area contributed by atoms with Crippen molar-refractivity contribution in [2.75, 3.05) is 18.4 Å². The Balaban J connectivity index is 2.08. The summed E-state index contributed by atoms with van der Waals surface area (Å²) in [5, 5.41) is 23.3. The summed E-state index contributed by atoms with van der Waals surface area (Å²) in [5.74, 6) is -1.40. The molecule has 2 N–H and O–H groups in total. The van der Waals surface area contributed by atoms with Gasteiger partial charge in [-0.1, -0.05) is 31.9 Å². The zero-order chi connectivity index (χ0) is 21.4. The molecule has 1 aromatic carbocycles. The largest absolute Gasteiger partial charge is 0.324 e. The van der Waals surface area contributed by atoms with E-state index in [4.69, 9.17) is 0 Å². The van der Waals surface area contributed by atoms with Crippen LogP contribution >= 0.6 is 0 Å². The molecule has 2 rings (SSSR count). The third-order valence-electron chi connectivity index (χ3n) is 4.64. The molecule has 0 aromatic heterocycles. The van der Waals surface area contributed by atoms with E-state index in [2.05, 4.69) is 5.32 Å². The van der Waals surface area contributed by atoms with Gasteiger partial charge in [0.05, 0.1) is 17.4 Å². The number of nitrogens with one attached hydrogen (secondary N) is 1. The molecule has 2 atom stereocenters. The molecule has 0 radical (unpaired) electrons. The number of anilines is 1. The van der Waals surface area contributed by atoms with Gasteiger partial charge in [-0.2, -0.15) is 0 Å². The number of nitro groups is 1. The predicted octanol–water partition coefficient (Wildman–Crippen LogP) is 1.95. The Bertz CT molecular complexity index is 779. The first-order valence-electron chi connectivity index (χ1n) is 9.30. The molecule has 0 unspecified atom stereocenters. The van der Waals surface area contributed by atoms with Crippen LogP contribution in [0.1, 0.15) is 26.2 Å². The Hall–Kier alpha value is -3.27. The molecule has 1 aliphatic rings. The van der Waals surface area contributed by atoms with Gasteiger partial charge in [-0.05, 0) is 18.6 Å².